The monoisotopic (exact) mass is 388 g/mol. The topological polar surface area (TPSA) is 67.4 Å². The van der Waals surface area contributed by atoms with E-state index in [-0.39, 0.29) is 18.5 Å². The van der Waals surface area contributed by atoms with E-state index in [1.807, 2.05) is 49.4 Å². The van der Waals surface area contributed by atoms with Crippen LogP contribution in [-0.4, -0.2) is 25.0 Å². The highest BCUT2D eigenvalue weighted by atomic mass is 16.5. The standard InChI is InChI=1S/C24H24N2O3/c1-3-29-24(28)20-15(2)26-19-13-14-25-23(27)22(19)21(20)18-11-9-17(10-12-18)16-7-5-4-6-8-16/h4-12,21,26H,3,13-14H2,1-2H3,(H,25,27). The molecule has 2 aliphatic rings. The molecule has 0 fully saturated rings. The lowest BCUT2D eigenvalue weighted by molar-refractivity contribution is -0.138. The van der Waals surface area contributed by atoms with Gasteiger partial charge in [0.25, 0.3) is 0 Å². The fourth-order valence-electron chi connectivity index (χ4n) is 4.07. The van der Waals surface area contributed by atoms with Crippen molar-refractivity contribution in [3.8, 4) is 11.1 Å². The second-order valence-electron chi connectivity index (χ2n) is 7.20. The van der Waals surface area contributed by atoms with E-state index in [9.17, 15) is 9.59 Å². The highest BCUT2D eigenvalue weighted by Gasteiger charge is 2.39. The van der Waals surface area contributed by atoms with Gasteiger partial charge in [0.15, 0.2) is 0 Å². The van der Waals surface area contributed by atoms with E-state index in [0.29, 0.717) is 24.1 Å². The molecule has 4 rings (SSSR count). The SMILES string of the molecule is CCOC(=O)C1=C(C)NC2=C(C(=O)NCC2)C1c1ccc(-c2ccccc2)cc1. The van der Waals surface area contributed by atoms with E-state index in [2.05, 4.69) is 22.8 Å². The summed E-state index contributed by atoms with van der Waals surface area (Å²) in [6.45, 7) is 4.53. The highest BCUT2D eigenvalue weighted by molar-refractivity contribution is 6.02. The zero-order valence-corrected chi connectivity index (χ0v) is 16.6. The van der Waals surface area contributed by atoms with Crippen LogP contribution in [0.15, 0.2) is 77.1 Å². The van der Waals surface area contributed by atoms with Crippen LogP contribution < -0.4 is 10.6 Å². The van der Waals surface area contributed by atoms with Crippen molar-refractivity contribution < 1.29 is 14.3 Å². The van der Waals surface area contributed by atoms with Gasteiger partial charge >= 0.3 is 5.97 Å². The number of carbonyl (C=O) groups is 2. The van der Waals surface area contributed by atoms with Crippen LogP contribution in [0, 0.1) is 0 Å². The summed E-state index contributed by atoms with van der Waals surface area (Å²) >= 11 is 0. The molecule has 0 spiro atoms. The second kappa shape index (κ2) is 7.95. The van der Waals surface area contributed by atoms with E-state index in [1.54, 1.807) is 6.92 Å². The van der Waals surface area contributed by atoms with Crippen LogP contribution in [0.4, 0.5) is 0 Å². The second-order valence-corrected chi connectivity index (χ2v) is 7.20. The van der Waals surface area contributed by atoms with Gasteiger partial charge in [-0.25, -0.2) is 4.79 Å². The predicted octanol–water partition coefficient (Wildman–Crippen LogP) is 3.65. The third-order valence-electron chi connectivity index (χ3n) is 5.40. The van der Waals surface area contributed by atoms with Gasteiger partial charge in [-0.15, -0.1) is 0 Å². The normalized spacial score (nSPS) is 18.7. The van der Waals surface area contributed by atoms with Gasteiger partial charge in [-0.2, -0.15) is 0 Å². The lowest BCUT2D eigenvalue weighted by Gasteiger charge is -2.34. The number of hydrogen-bond acceptors (Lipinski definition) is 4. The lowest BCUT2D eigenvalue weighted by Crippen LogP contribution is -2.41. The Morgan fingerprint density at radius 2 is 1.76 bits per heavy atom. The van der Waals surface area contributed by atoms with Gasteiger partial charge in [0.05, 0.1) is 18.1 Å². The zero-order chi connectivity index (χ0) is 20.4. The number of hydrogen-bond donors (Lipinski definition) is 2. The summed E-state index contributed by atoms with van der Waals surface area (Å²) in [5.41, 5.74) is 5.84. The number of carbonyl (C=O) groups excluding carboxylic acids is 2. The molecule has 0 bridgehead atoms. The molecule has 148 valence electrons. The van der Waals surface area contributed by atoms with Gasteiger partial charge in [0.2, 0.25) is 5.91 Å². The summed E-state index contributed by atoms with van der Waals surface area (Å²) < 4.78 is 5.32. The van der Waals surface area contributed by atoms with Gasteiger partial charge in [-0.1, -0.05) is 54.6 Å². The minimum atomic E-state index is -0.449. The van der Waals surface area contributed by atoms with E-state index >= 15 is 0 Å². The Morgan fingerprint density at radius 1 is 1.07 bits per heavy atom. The van der Waals surface area contributed by atoms with Gasteiger partial charge in [-0.05, 0) is 30.5 Å². The van der Waals surface area contributed by atoms with Gasteiger partial charge in [-0.3, -0.25) is 4.79 Å². The zero-order valence-electron chi connectivity index (χ0n) is 16.6. The van der Waals surface area contributed by atoms with Crippen molar-refractivity contribution >= 4 is 11.9 Å². The molecule has 0 radical (unpaired) electrons. The molecule has 2 aliphatic heterocycles. The molecule has 2 aromatic rings. The van der Waals surface area contributed by atoms with Crippen LogP contribution >= 0.6 is 0 Å². The molecule has 0 aromatic heterocycles. The van der Waals surface area contributed by atoms with Crippen LogP contribution in [0.25, 0.3) is 11.1 Å². The molecular formula is C24H24N2O3. The summed E-state index contributed by atoms with van der Waals surface area (Å²) in [7, 11) is 0. The van der Waals surface area contributed by atoms with Gasteiger partial charge in [0.1, 0.15) is 0 Å². The van der Waals surface area contributed by atoms with Crippen molar-refractivity contribution in [3.63, 3.8) is 0 Å². The van der Waals surface area contributed by atoms with Crippen molar-refractivity contribution in [3.05, 3.63) is 82.7 Å². The van der Waals surface area contributed by atoms with Crippen LogP contribution in [0.2, 0.25) is 0 Å². The van der Waals surface area contributed by atoms with Crippen molar-refractivity contribution in [2.75, 3.05) is 13.2 Å². The first-order valence-corrected chi connectivity index (χ1v) is 9.91. The minimum absolute atomic E-state index is 0.134. The highest BCUT2D eigenvalue weighted by Crippen LogP contribution is 2.40. The number of dihydropyridines is 1. The van der Waals surface area contributed by atoms with Crippen molar-refractivity contribution in [1.29, 1.82) is 0 Å². The van der Waals surface area contributed by atoms with Crippen LogP contribution in [-0.2, 0) is 14.3 Å². The maximum absolute atomic E-state index is 12.8. The molecule has 0 aliphatic carbocycles. The van der Waals surface area contributed by atoms with Gasteiger partial charge < -0.3 is 15.4 Å². The largest absolute Gasteiger partial charge is 0.463 e. The molecule has 5 nitrogen and oxygen atoms in total. The smallest absolute Gasteiger partial charge is 0.336 e. The number of esters is 1. The lowest BCUT2D eigenvalue weighted by atomic mass is 9.78. The van der Waals surface area contributed by atoms with Crippen molar-refractivity contribution in [2.24, 2.45) is 0 Å². The summed E-state index contributed by atoms with van der Waals surface area (Å²) in [5, 5.41) is 6.19. The number of nitrogens with one attached hydrogen (secondary N) is 2. The molecule has 5 heteroatoms. The maximum atomic E-state index is 12.8. The quantitative estimate of drug-likeness (QED) is 0.785. The Kier molecular flexibility index (Phi) is 5.21. The summed E-state index contributed by atoms with van der Waals surface area (Å²) in [6, 6.07) is 18.2. The first-order chi connectivity index (χ1) is 14.1. The summed E-state index contributed by atoms with van der Waals surface area (Å²) in [4.78, 5) is 25.5. The summed E-state index contributed by atoms with van der Waals surface area (Å²) in [6.07, 6.45) is 0.715. The van der Waals surface area contributed by atoms with Crippen LogP contribution in [0.1, 0.15) is 31.7 Å². The average molecular weight is 388 g/mol. The number of amides is 1. The Bertz CT molecular complexity index is 1000. The molecule has 2 aromatic carbocycles. The molecule has 1 atom stereocenters. The van der Waals surface area contributed by atoms with Crippen molar-refractivity contribution in [1.82, 2.24) is 10.6 Å². The molecule has 2 heterocycles. The van der Waals surface area contributed by atoms with Crippen molar-refractivity contribution in [2.45, 2.75) is 26.2 Å². The molecule has 29 heavy (non-hydrogen) atoms. The fourth-order valence-corrected chi connectivity index (χ4v) is 4.07. The molecule has 2 N–H and O–H groups in total. The fraction of sp³-hybridized carbons (Fsp3) is 0.250. The molecule has 0 saturated heterocycles. The first-order valence-electron chi connectivity index (χ1n) is 9.91. The van der Waals surface area contributed by atoms with E-state index in [4.69, 9.17) is 4.74 Å². The maximum Gasteiger partial charge on any atom is 0.336 e. The third-order valence-corrected chi connectivity index (χ3v) is 5.40. The molecule has 1 amide bonds. The van der Waals surface area contributed by atoms with E-state index < -0.39 is 5.92 Å². The number of allylic oxidation sites excluding steroid dienone is 1. The van der Waals surface area contributed by atoms with E-state index in [1.165, 1.54) is 0 Å². The number of rotatable bonds is 4. The Hall–Kier alpha value is -3.34. The minimum Gasteiger partial charge on any atom is -0.463 e. The van der Waals surface area contributed by atoms with Gasteiger partial charge in [0, 0.05) is 29.9 Å². The average Bonchev–Trinajstić information content (AvgIpc) is 2.74. The first kappa shape index (κ1) is 19.0. The van der Waals surface area contributed by atoms with Crippen LogP contribution in [0.3, 0.4) is 0 Å². The Balaban J connectivity index is 1.79. The predicted molar refractivity (Wildman–Crippen MR) is 112 cm³/mol. The van der Waals surface area contributed by atoms with Crippen LogP contribution in [0.5, 0.6) is 0 Å². The molecular weight excluding hydrogens is 364 g/mol. The number of ether oxygens (including phenoxy) is 1. The summed E-state index contributed by atoms with van der Waals surface area (Å²) in [5.74, 6) is -0.972. The Morgan fingerprint density at radius 3 is 2.45 bits per heavy atom. The molecule has 1 unspecified atom stereocenters. The third kappa shape index (κ3) is 3.56. The van der Waals surface area contributed by atoms with E-state index in [0.717, 1.165) is 28.1 Å². The molecule has 0 saturated carbocycles. The Labute approximate surface area is 170 Å². The number of benzene rings is 2.